The average Bonchev–Trinajstić information content (AvgIpc) is 2.86. The summed E-state index contributed by atoms with van der Waals surface area (Å²) >= 11 is 0. The van der Waals surface area contributed by atoms with E-state index in [0.717, 1.165) is 23.0 Å². The zero-order valence-corrected chi connectivity index (χ0v) is 20.6. The number of hydrogen-bond donors (Lipinski definition) is 2. The van der Waals surface area contributed by atoms with Crippen LogP contribution in [0.25, 0.3) is 10.9 Å². The molecule has 1 fully saturated rings. The lowest BCUT2D eigenvalue weighted by molar-refractivity contribution is -0.137. The minimum Gasteiger partial charge on any atom is -0.368 e. The number of rotatable bonds is 7. The van der Waals surface area contributed by atoms with E-state index in [1.165, 1.54) is 12.1 Å². The van der Waals surface area contributed by atoms with E-state index in [1.807, 2.05) is 38.1 Å². The third-order valence-electron chi connectivity index (χ3n) is 6.38. The number of benzene rings is 2. The molecule has 2 heterocycles. The van der Waals surface area contributed by atoms with Gasteiger partial charge in [-0.05, 0) is 36.2 Å². The van der Waals surface area contributed by atoms with Gasteiger partial charge < -0.3 is 16.0 Å². The third-order valence-corrected chi connectivity index (χ3v) is 6.38. The van der Waals surface area contributed by atoms with Crippen LogP contribution >= 0.6 is 0 Å². The van der Waals surface area contributed by atoms with E-state index in [4.69, 9.17) is 5.73 Å². The number of carbonyl (C=O) groups is 2. The zero-order valence-electron chi connectivity index (χ0n) is 20.6. The number of nitrogens with zero attached hydrogens (tertiary/aromatic N) is 4. The molecule has 0 radical (unpaired) electrons. The van der Waals surface area contributed by atoms with Gasteiger partial charge in [0, 0.05) is 37.1 Å². The first kappa shape index (κ1) is 26.3. The Morgan fingerprint density at radius 3 is 2.38 bits per heavy atom. The molecule has 0 unspecified atom stereocenters. The first-order valence-electron chi connectivity index (χ1n) is 12.0. The number of para-hydroxylation sites is 1. The molecule has 1 atom stereocenters. The van der Waals surface area contributed by atoms with Crippen molar-refractivity contribution in [3.05, 3.63) is 65.5 Å². The predicted molar refractivity (Wildman–Crippen MR) is 134 cm³/mol. The molecule has 0 spiro atoms. The number of alkyl halides is 3. The molecule has 11 heteroatoms. The molecule has 3 N–H and O–H groups in total. The summed E-state index contributed by atoms with van der Waals surface area (Å²) in [6.07, 6.45) is -4.50. The third kappa shape index (κ3) is 6.16. The van der Waals surface area contributed by atoms with E-state index in [-0.39, 0.29) is 11.5 Å². The second-order valence-electron chi connectivity index (χ2n) is 9.42. The fraction of sp³-hybridized carbons (Fsp3) is 0.385. The van der Waals surface area contributed by atoms with Gasteiger partial charge in [0.1, 0.15) is 17.7 Å². The first-order chi connectivity index (χ1) is 17.5. The maximum absolute atomic E-state index is 13.0. The molecule has 1 aliphatic heterocycles. The van der Waals surface area contributed by atoms with Gasteiger partial charge in [-0.15, -0.1) is 0 Å². The van der Waals surface area contributed by atoms with Crippen molar-refractivity contribution in [3.8, 4) is 0 Å². The van der Waals surface area contributed by atoms with Crippen molar-refractivity contribution in [2.24, 2.45) is 11.7 Å². The molecule has 196 valence electrons. The molecule has 3 aromatic rings. The fourth-order valence-corrected chi connectivity index (χ4v) is 4.34. The smallest absolute Gasteiger partial charge is 0.368 e. The van der Waals surface area contributed by atoms with E-state index in [9.17, 15) is 22.8 Å². The van der Waals surface area contributed by atoms with Gasteiger partial charge in [-0.3, -0.25) is 14.5 Å². The fourth-order valence-electron chi connectivity index (χ4n) is 4.34. The number of aromatic nitrogens is 2. The lowest BCUT2D eigenvalue weighted by atomic mass is 10.0. The summed E-state index contributed by atoms with van der Waals surface area (Å²) in [5.41, 5.74) is 5.49. The molecule has 2 amide bonds. The summed E-state index contributed by atoms with van der Waals surface area (Å²) in [5, 5.41) is 3.95. The van der Waals surface area contributed by atoms with Crippen LogP contribution in [0.15, 0.2) is 48.5 Å². The summed E-state index contributed by atoms with van der Waals surface area (Å²) in [6.45, 7) is 5.96. The van der Waals surface area contributed by atoms with Gasteiger partial charge in [0.25, 0.3) is 5.91 Å². The molecule has 2 aromatic carbocycles. The number of nitrogens with two attached hydrogens (primary N) is 1. The lowest BCUT2D eigenvalue weighted by Gasteiger charge is -2.34. The molecular formula is C26H29F3N6O2. The Balaban J connectivity index is 1.46. The quantitative estimate of drug-likeness (QED) is 0.500. The largest absolute Gasteiger partial charge is 0.416 e. The van der Waals surface area contributed by atoms with Gasteiger partial charge >= 0.3 is 6.18 Å². The van der Waals surface area contributed by atoms with Crippen LogP contribution in [0.1, 0.15) is 35.6 Å². The Labute approximate surface area is 212 Å². The Bertz CT molecular complexity index is 1290. The highest BCUT2D eigenvalue weighted by Crippen LogP contribution is 2.30. The molecule has 1 aromatic heterocycles. The zero-order chi connectivity index (χ0) is 26.7. The molecule has 1 saturated heterocycles. The molecular weight excluding hydrogens is 485 g/mol. The SMILES string of the molecule is CC(C)[C@H](Nc1nc(CN2CCN(C(=O)c3cccc(C(F)(F)F)c3)CC2)nc2ccccc12)C(N)=O. The van der Waals surface area contributed by atoms with Gasteiger partial charge in [0.15, 0.2) is 0 Å². The maximum atomic E-state index is 13.0. The number of anilines is 1. The number of hydrogen-bond acceptors (Lipinski definition) is 6. The minimum absolute atomic E-state index is 0.0195. The second kappa shape index (κ2) is 10.7. The number of carbonyl (C=O) groups excluding carboxylic acids is 2. The van der Waals surface area contributed by atoms with Crippen molar-refractivity contribution in [3.63, 3.8) is 0 Å². The number of primary amides is 1. The van der Waals surface area contributed by atoms with E-state index in [1.54, 1.807) is 4.90 Å². The van der Waals surface area contributed by atoms with E-state index in [0.29, 0.717) is 44.4 Å². The van der Waals surface area contributed by atoms with E-state index in [2.05, 4.69) is 20.2 Å². The van der Waals surface area contributed by atoms with E-state index < -0.39 is 29.6 Å². The average molecular weight is 515 g/mol. The number of piperazine rings is 1. The van der Waals surface area contributed by atoms with Crippen LogP contribution in [0.4, 0.5) is 19.0 Å². The van der Waals surface area contributed by atoms with Gasteiger partial charge in [0.05, 0.1) is 17.6 Å². The van der Waals surface area contributed by atoms with Crippen LogP contribution in [0.2, 0.25) is 0 Å². The molecule has 37 heavy (non-hydrogen) atoms. The van der Waals surface area contributed by atoms with Crippen LogP contribution in [0.5, 0.6) is 0 Å². The van der Waals surface area contributed by atoms with Crippen LogP contribution in [0.3, 0.4) is 0 Å². The van der Waals surface area contributed by atoms with Crippen LogP contribution < -0.4 is 11.1 Å². The van der Waals surface area contributed by atoms with Gasteiger partial charge in [-0.25, -0.2) is 9.97 Å². The Hall–Kier alpha value is -3.73. The number of halogens is 3. The summed E-state index contributed by atoms with van der Waals surface area (Å²) in [4.78, 5) is 37.8. The van der Waals surface area contributed by atoms with Crippen LogP contribution in [0, 0.1) is 5.92 Å². The molecule has 1 aliphatic rings. The Morgan fingerprint density at radius 1 is 1.03 bits per heavy atom. The minimum atomic E-state index is -4.50. The van der Waals surface area contributed by atoms with Gasteiger partial charge in [-0.2, -0.15) is 13.2 Å². The second-order valence-corrected chi connectivity index (χ2v) is 9.42. The van der Waals surface area contributed by atoms with Crippen molar-refractivity contribution in [1.29, 1.82) is 0 Å². The van der Waals surface area contributed by atoms with Gasteiger partial charge in [0.2, 0.25) is 5.91 Å². The number of fused-ring (bicyclic) bond motifs is 1. The van der Waals surface area contributed by atoms with Crippen LogP contribution in [-0.2, 0) is 17.5 Å². The molecule has 8 nitrogen and oxygen atoms in total. The standard InChI is InChI=1S/C26H29F3N6O2/c1-16(2)22(23(30)36)33-24-19-8-3-4-9-20(19)31-21(32-24)15-34-10-12-35(13-11-34)25(37)17-6-5-7-18(14-17)26(27,28)29/h3-9,14,16,22H,10-13,15H2,1-2H3,(H2,30,36)(H,31,32,33)/t22-/m0/s1. The monoisotopic (exact) mass is 514 g/mol. The number of nitrogens with one attached hydrogen (secondary N) is 1. The molecule has 4 rings (SSSR count). The Morgan fingerprint density at radius 2 is 1.73 bits per heavy atom. The summed E-state index contributed by atoms with van der Waals surface area (Å²) in [5.74, 6) is 0.130. The van der Waals surface area contributed by atoms with Crippen molar-refractivity contribution >= 4 is 28.5 Å². The maximum Gasteiger partial charge on any atom is 0.416 e. The summed E-state index contributed by atoms with van der Waals surface area (Å²) in [7, 11) is 0. The Kier molecular flexibility index (Phi) is 7.63. The topological polar surface area (TPSA) is 104 Å². The van der Waals surface area contributed by atoms with E-state index >= 15 is 0 Å². The molecule has 0 aliphatic carbocycles. The summed E-state index contributed by atoms with van der Waals surface area (Å²) < 4.78 is 39.1. The van der Waals surface area contributed by atoms with Crippen molar-refractivity contribution in [2.45, 2.75) is 32.6 Å². The first-order valence-corrected chi connectivity index (χ1v) is 12.0. The summed E-state index contributed by atoms with van der Waals surface area (Å²) in [6, 6.07) is 11.4. The van der Waals surface area contributed by atoms with Crippen molar-refractivity contribution in [2.75, 3.05) is 31.5 Å². The highest BCUT2D eigenvalue weighted by Gasteiger charge is 2.32. The lowest BCUT2D eigenvalue weighted by Crippen LogP contribution is -2.48. The van der Waals surface area contributed by atoms with Gasteiger partial charge in [-0.1, -0.05) is 32.0 Å². The highest BCUT2D eigenvalue weighted by atomic mass is 19.4. The predicted octanol–water partition coefficient (Wildman–Crippen LogP) is 3.53. The van der Waals surface area contributed by atoms with Crippen LogP contribution in [-0.4, -0.2) is 63.8 Å². The molecule has 0 saturated carbocycles. The van der Waals surface area contributed by atoms with Crippen molar-refractivity contribution < 1.29 is 22.8 Å². The highest BCUT2D eigenvalue weighted by molar-refractivity contribution is 5.94. The molecule has 0 bridgehead atoms. The van der Waals surface area contributed by atoms with Crippen molar-refractivity contribution in [1.82, 2.24) is 19.8 Å². The normalized spacial score (nSPS) is 15.7. The number of amides is 2.